The maximum atomic E-state index is 12.8. The van der Waals surface area contributed by atoms with Crippen molar-refractivity contribution in [3.8, 4) is 0 Å². The first-order valence-electron chi connectivity index (χ1n) is 25.9. The first kappa shape index (κ1) is 66.5. The fraction of sp³-hybridized carbons (Fsp3) is 0.891. The molecule has 6 rings (SSSR count). The smallest absolute Gasteiger partial charge is 0.217 e. The van der Waals surface area contributed by atoms with E-state index in [0.717, 1.165) is 34.6 Å². The normalized spacial score (nSPS) is 45.7. The summed E-state index contributed by atoms with van der Waals surface area (Å²) in [5, 5.41) is 165. The van der Waals surface area contributed by atoms with Gasteiger partial charge in [-0.05, 0) is 6.92 Å². The fourth-order valence-electron chi connectivity index (χ4n) is 10.4. The number of carbonyl (C=O) groups is 5. The molecule has 19 N–H and O–H groups in total. The summed E-state index contributed by atoms with van der Waals surface area (Å²) in [7, 11) is 0. The Balaban J connectivity index is 1.24. The lowest BCUT2D eigenvalue weighted by Gasteiger charge is -2.51. The van der Waals surface area contributed by atoms with E-state index >= 15 is 0 Å². The van der Waals surface area contributed by atoms with E-state index in [0.29, 0.717) is 0 Å². The molecule has 5 amide bonds. The number of hydrogen-bond donors (Lipinski definition) is 19. The van der Waals surface area contributed by atoms with Gasteiger partial charge in [0.05, 0.1) is 39.1 Å². The fourth-order valence-corrected chi connectivity index (χ4v) is 10.4. The molecule has 0 aromatic heterocycles. The number of rotatable bonds is 20. The third-order valence-corrected chi connectivity index (χ3v) is 14.4. The van der Waals surface area contributed by atoms with Crippen molar-refractivity contribution in [2.75, 3.05) is 33.0 Å². The quantitative estimate of drug-likeness (QED) is 0.0538. The summed E-state index contributed by atoms with van der Waals surface area (Å²) < 4.78 is 65.0. The molecule has 30 unspecified atom stereocenters. The average Bonchev–Trinajstić information content (AvgIpc) is 3.42. The van der Waals surface area contributed by atoms with Crippen LogP contribution < -0.4 is 26.6 Å². The highest BCUT2D eigenvalue weighted by molar-refractivity contribution is 5.75. The van der Waals surface area contributed by atoms with Crippen LogP contribution >= 0.6 is 0 Å². The van der Waals surface area contributed by atoms with Gasteiger partial charge in [0, 0.05) is 34.6 Å². The second kappa shape index (κ2) is 29.0. The standard InChI is InChI=1S/C46H77N5O30/c1-12-28(61)35(68)36(69)46(72-12)71-11-22-40(31(64)23(41(70)73-22)47-13(2)56)81-45-27(51-17(6)60)34(67)39(21(10-55)77-45)80-44-26(50-16(5)59)33(66)38(20(9-54)76-44)79-43-25(49-15(4)58)32(65)37(19(8-53)75-43)78-42-24(48-14(3)57)30(63)29(62)18(7-52)74-42/h12,18-46,52-55,61-70H,7-11H2,1-6H3,(H,47,56)(H,48,57)(H,49,58)(H,50,59)(H,51,60). The molecular weight excluding hydrogens is 1100 g/mol. The van der Waals surface area contributed by atoms with E-state index in [1.165, 1.54) is 6.92 Å². The predicted octanol–water partition coefficient (Wildman–Crippen LogP) is -12.4. The van der Waals surface area contributed by atoms with Crippen LogP contribution in [-0.2, 0) is 76.1 Å². The maximum absolute atomic E-state index is 12.8. The molecule has 6 saturated heterocycles. The van der Waals surface area contributed by atoms with Crippen LogP contribution in [-0.4, -0.2) is 318 Å². The zero-order valence-corrected chi connectivity index (χ0v) is 44.6. The summed E-state index contributed by atoms with van der Waals surface area (Å²) in [6, 6.07) is -8.38. The minimum absolute atomic E-state index is 0.721. The van der Waals surface area contributed by atoms with Crippen LogP contribution in [0.25, 0.3) is 0 Å². The van der Waals surface area contributed by atoms with Crippen LogP contribution in [0, 0.1) is 0 Å². The van der Waals surface area contributed by atoms with Crippen LogP contribution in [0.5, 0.6) is 0 Å². The topological polar surface area (TPSA) is 530 Å². The molecule has 0 aromatic carbocycles. The summed E-state index contributed by atoms with van der Waals surface area (Å²) in [6.45, 7) is 1.96. The van der Waals surface area contributed by atoms with Gasteiger partial charge in [-0.3, -0.25) is 24.0 Å². The Bertz CT molecular complexity index is 2090. The van der Waals surface area contributed by atoms with Gasteiger partial charge in [-0.15, -0.1) is 0 Å². The lowest BCUT2D eigenvalue weighted by atomic mass is 9.93. The SMILES string of the molecule is CC(=O)NC1C(O)OC(COC2OC(C)C(O)C(O)C2O)C(OC2OC(CO)C(OC3OC(CO)C(OC4OC(CO)C(OC5OC(CO)C(O)C(O)C5NC(C)=O)C(O)C4NC(C)=O)C(O)C3NC(C)=O)C(O)C2NC(C)=O)C1O. The van der Waals surface area contributed by atoms with Crippen molar-refractivity contribution in [3.05, 3.63) is 0 Å². The Labute approximate surface area is 461 Å². The number of ether oxygens (including phenoxy) is 11. The second-order valence-corrected chi connectivity index (χ2v) is 20.5. The van der Waals surface area contributed by atoms with Crippen molar-refractivity contribution in [1.29, 1.82) is 0 Å². The van der Waals surface area contributed by atoms with Gasteiger partial charge in [0.15, 0.2) is 37.7 Å². The molecule has 6 heterocycles. The van der Waals surface area contributed by atoms with E-state index in [4.69, 9.17) is 52.1 Å². The molecule has 0 saturated carbocycles. The Hall–Kier alpha value is -3.65. The van der Waals surface area contributed by atoms with E-state index in [2.05, 4.69) is 26.6 Å². The van der Waals surface area contributed by atoms with Gasteiger partial charge in [-0.1, -0.05) is 0 Å². The molecule has 30 atom stereocenters. The summed E-state index contributed by atoms with van der Waals surface area (Å²) in [4.78, 5) is 62.5. The first-order chi connectivity index (χ1) is 38.1. The molecule has 35 heteroatoms. The summed E-state index contributed by atoms with van der Waals surface area (Å²) in [6.07, 6.45) is -44.1. The van der Waals surface area contributed by atoms with E-state index < -0.39 is 246 Å². The number of aliphatic hydroxyl groups excluding tert-OH is 14. The zero-order chi connectivity index (χ0) is 60.1. The first-order valence-corrected chi connectivity index (χ1v) is 25.9. The average molecular weight is 1180 g/mol. The lowest BCUT2D eigenvalue weighted by Crippen LogP contribution is -2.72. The van der Waals surface area contributed by atoms with Gasteiger partial charge in [-0.2, -0.15) is 0 Å². The third-order valence-electron chi connectivity index (χ3n) is 14.4. The van der Waals surface area contributed by atoms with Crippen LogP contribution in [0.2, 0.25) is 0 Å². The molecule has 0 aliphatic carbocycles. The van der Waals surface area contributed by atoms with E-state index in [1.807, 2.05) is 0 Å². The highest BCUT2D eigenvalue weighted by Gasteiger charge is 2.58. The molecule has 6 aliphatic rings. The van der Waals surface area contributed by atoms with Crippen molar-refractivity contribution < 1.29 is 148 Å². The van der Waals surface area contributed by atoms with Crippen molar-refractivity contribution in [3.63, 3.8) is 0 Å². The Kier molecular flexibility index (Phi) is 23.8. The number of carbonyl (C=O) groups excluding carboxylic acids is 5. The molecule has 6 fully saturated rings. The molecule has 0 spiro atoms. The molecule has 0 aromatic rings. The summed E-state index contributed by atoms with van der Waals surface area (Å²) >= 11 is 0. The predicted molar refractivity (Wildman–Crippen MR) is 256 cm³/mol. The number of hydrogen-bond acceptors (Lipinski definition) is 30. The molecule has 81 heavy (non-hydrogen) atoms. The number of aliphatic hydroxyl groups is 14. The van der Waals surface area contributed by atoms with E-state index in [-0.39, 0.29) is 0 Å². The highest BCUT2D eigenvalue weighted by Crippen LogP contribution is 2.36. The minimum Gasteiger partial charge on any atom is -0.394 e. The number of nitrogens with one attached hydrogen (secondary N) is 5. The molecule has 6 aliphatic heterocycles. The second-order valence-electron chi connectivity index (χ2n) is 20.5. The molecule has 35 nitrogen and oxygen atoms in total. The lowest BCUT2D eigenvalue weighted by molar-refractivity contribution is -0.368. The Morgan fingerprint density at radius 1 is 0.346 bits per heavy atom. The zero-order valence-electron chi connectivity index (χ0n) is 44.6. The molecule has 0 bridgehead atoms. The number of amides is 5. The molecule has 466 valence electrons. The van der Waals surface area contributed by atoms with Gasteiger partial charge in [-0.25, -0.2) is 0 Å². The van der Waals surface area contributed by atoms with Gasteiger partial charge >= 0.3 is 0 Å². The van der Waals surface area contributed by atoms with E-state index in [9.17, 15) is 95.5 Å². The Morgan fingerprint density at radius 2 is 0.654 bits per heavy atom. The largest absolute Gasteiger partial charge is 0.394 e. The van der Waals surface area contributed by atoms with Crippen molar-refractivity contribution in [1.82, 2.24) is 26.6 Å². The highest BCUT2D eigenvalue weighted by atomic mass is 16.8. The van der Waals surface area contributed by atoms with Crippen molar-refractivity contribution in [2.24, 2.45) is 0 Å². The Morgan fingerprint density at radius 3 is 1.00 bits per heavy atom. The van der Waals surface area contributed by atoms with Gasteiger partial charge in [0.25, 0.3) is 0 Å². The van der Waals surface area contributed by atoms with Gasteiger partial charge in [0.2, 0.25) is 29.5 Å². The van der Waals surface area contributed by atoms with Crippen LogP contribution in [0.1, 0.15) is 41.5 Å². The van der Waals surface area contributed by atoms with Crippen molar-refractivity contribution >= 4 is 29.5 Å². The molecule has 0 radical (unpaired) electrons. The van der Waals surface area contributed by atoms with Crippen LogP contribution in [0.3, 0.4) is 0 Å². The monoisotopic (exact) mass is 1180 g/mol. The van der Waals surface area contributed by atoms with E-state index in [1.54, 1.807) is 0 Å². The third kappa shape index (κ3) is 15.4. The van der Waals surface area contributed by atoms with Gasteiger partial charge in [0.1, 0.15) is 140 Å². The molecular formula is C46H77N5O30. The van der Waals surface area contributed by atoms with Gasteiger partial charge < -0.3 is 150 Å². The summed E-state index contributed by atoms with van der Waals surface area (Å²) in [5.41, 5.74) is 0. The van der Waals surface area contributed by atoms with Crippen LogP contribution in [0.4, 0.5) is 0 Å². The maximum Gasteiger partial charge on any atom is 0.217 e. The summed E-state index contributed by atoms with van der Waals surface area (Å²) in [5.74, 6) is -3.95. The minimum atomic E-state index is -2.05. The van der Waals surface area contributed by atoms with Crippen LogP contribution in [0.15, 0.2) is 0 Å². The van der Waals surface area contributed by atoms with Crippen molar-refractivity contribution in [2.45, 2.75) is 225 Å².